The van der Waals surface area contributed by atoms with Crippen LogP contribution in [0.1, 0.15) is 24.0 Å². The Hall–Kier alpha value is -1.41. The lowest BCUT2D eigenvalue weighted by Crippen LogP contribution is -2.47. The molecular weight excluding hydrogens is 309 g/mol. The largest absolute Gasteiger partial charge is 0.378 e. The number of rotatable bonds is 3. The third kappa shape index (κ3) is 2.56. The van der Waals surface area contributed by atoms with Gasteiger partial charge in [0, 0.05) is 38.5 Å². The topological polar surface area (TPSA) is 71.0 Å². The maximum absolute atomic E-state index is 14.9. The molecule has 0 spiro atoms. The van der Waals surface area contributed by atoms with Gasteiger partial charge in [-0.25, -0.2) is 9.40 Å². The van der Waals surface area contributed by atoms with Crippen molar-refractivity contribution in [1.29, 1.82) is 0 Å². The van der Waals surface area contributed by atoms with Crippen molar-refractivity contribution in [2.75, 3.05) is 36.7 Å². The first kappa shape index (κ1) is 16.1. The zero-order chi connectivity index (χ0) is 17.0. The molecule has 1 saturated heterocycles. The number of benzene rings is 1. The molecule has 1 saturated carbocycles. The minimum absolute atomic E-state index is 0.0566. The standard InChI is InChI=1S/C17H26FN5O/c1-10-16-11(6-22(20)9-23(16)12-3-4-12)5-13(18)17(10)21-7-14(19)15(8-21)24-2/h5,12,14-15H,3-4,6-9,19-20H2,1-2H3. The predicted molar refractivity (Wildman–Crippen MR) is 92.2 cm³/mol. The molecule has 1 aromatic carbocycles. The summed E-state index contributed by atoms with van der Waals surface area (Å²) < 4.78 is 20.3. The van der Waals surface area contributed by atoms with Crippen molar-refractivity contribution < 1.29 is 9.13 Å². The maximum atomic E-state index is 14.9. The number of anilines is 2. The van der Waals surface area contributed by atoms with E-state index in [1.807, 2.05) is 11.8 Å². The molecule has 0 radical (unpaired) electrons. The quantitative estimate of drug-likeness (QED) is 0.800. The molecule has 4 N–H and O–H groups in total. The number of nitrogens with zero attached hydrogens (tertiary/aromatic N) is 3. The van der Waals surface area contributed by atoms with Gasteiger partial charge in [-0.1, -0.05) is 0 Å². The van der Waals surface area contributed by atoms with Crippen LogP contribution in [0.5, 0.6) is 0 Å². The smallest absolute Gasteiger partial charge is 0.147 e. The Morgan fingerprint density at radius 1 is 1.25 bits per heavy atom. The molecule has 1 aliphatic carbocycles. The monoisotopic (exact) mass is 335 g/mol. The summed E-state index contributed by atoms with van der Waals surface area (Å²) in [6.45, 7) is 4.53. The first-order valence-electron chi connectivity index (χ1n) is 8.61. The highest BCUT2D eigenvalue weighted by Gasteiger charge is 2.38. The summed E-state index contributed by atoms with van der Waals surface area (Å²) in [4.78, 5) is 4.37. The summed E-state index contributed by atoms with van der Waals surface area (Å²) >= 11 is 0. The van der Waals surface area contributed by atoms with Crippen LogP contribution in [0.2, 0.25) is 0 Å². The van der Waals surface area contributed by atoms with Gasteiger partial charge in [-0.15, -0.1) is 0 Å². The minimum atomic E-state index is -0.193. The van der Waals surface area contributed by atoms with Gasteiger partial charge in [-0.3, -0.25) is 5.84 Å². The van der Waals surface area contributed by atoms with Gasteiger partial charge in [0.05, 0.1) is 24.5 Å². The number of nitrogens with two attached hydrogens (primary N) is 2. The van der Waals surface area contributed by atoms with Crippen molar-refractivity contribution >= 4 is 11.4 Å². The Morgan fingerprint density at radius 2 is 2.00 bits per heavy atom. The molecule has 24 heavy (non-hydrogen) atoms. The van der Waals surface area contributed by atoms with Crippen LogP contribution < -0.4 is 21.4 Å². The highest BCUT2D eigenvalue weighted by molar-refractivity contribution is 5.73. The molecule has 2 atom stereocenters. The summed E-state index contributed by atoms with van der Waals surface area (Å²) in [5.41, 5.74) is 9.93. The van der Waals surface area contributed by atoms with Crippen molar-refractivity contribution in [3.63, 3.8) is 0 Å². The van der Waals surface area contributed by atoms with Gasteiger partial charge in [0.25, 0.3) is 0 Å². The zero-order valence-electron chi connectivity index (χ0n) is 14.3. The third-order valence-corrected chi connectivity index (χ3v) is 5.45. The highest BCUT2D eigenvalue weighted by Crippen LogP contribution is 2.43. The zero-order valence-corrected chi connectivity index (χ0v) is 14.3. The van der Waals surface area contributed by atoms with Crippen LogP contribution in [0.4, 0.5) is 15.8 Å². The normalized spacial score (nSPS) is 27.7. The van der Waals surface area contributed by atoms with E-state index in [4.69, 9.17) is 16.3 Å². The lowest BCUT2D eigenvalue weighted by molar-refractivity contribution is 0.108. The molecule has 132 valence electrons. The first-order valence-corrected chi connectivity index (χ1v) is 8.61. The van der Waals surface area contributed by atoms with E-state index >= 15 is 0 Å². The second-order valence-electron chi connectivity index (χ2n) is 7.27. The van der Waals surface area contributed by atoms with Crippen molar-refractivity contribution in [1.82, 2.24) is 5.01 Å². The van der Waals surface area contributed by atoms with E-state index in [0.29, 0.717) is 38.0 Å². The number of hydrogen-bond donors (Lipinski definition) is 2. The Bertz CT molecular complexity index is 650. The molecule has 2 heterocycles. The number of hydrogen-bond acceptors (Lipinski definition) is 6. The SMILES string of the molecule is COC1CN(c2c(F)cc3c(c2C)N(C2CC2)CN(N)C3)CC1N. The third-order valence-electron chi connectivity index (χ3n) is 5.45. The van der Waals surface area contributed by atoms with E-state index in [-0.39, 0.29) is 18.0 Å². The van der Waals surface area contributed by atoms with Crippen LogP contribution in [0.25, 0.3) is 0 Å². The molecule has 7 heteroatoms. The number of methoxy groups -OCH3 is 1. The molecule has 2 fully saturated rings. The fourth-order valence-electron chi connectivity index (χ4n) is 4.18. The molecule has 4 rings (SSSR count). The predicted octanol–water partition coefficient (Wildman–Crippen LogP) is 0.912. The average Bonchev–Trinajstić information content (AvgIpc) is 3.29. The van der Waals surface area contributed by atoms with E-state index in [2.05, 4.69) is 4.90 Å². The Balaban J connectivity index is 1.75. The molecule has 6 nitrogen and oxygen atoms in total. The molecule has 0 bridgehead atoms. The molecule has 3 aliphatic rings. The number of hydrazine groups is 1. The fourth-order valence-corrected chi connectivity index (χ4v) is 4.18. The highest BCUT2D eigenvalue weighted by atomic mass is 19.1. The van der Waals surface area contributed by atoms with E-state index in [0.717, 1.165) is 16.8 Å². The van der Waals surface area contributed by atoms with Crippen molar-refractivity contribution in [2.24, 2.45) is 11.6 Å². The molecule has 0 aromatic heterocycles. The van der Waals surface area contributed by atoms with E-state index in [1.54, 1.807) is 18.2 Å². The first-order chi connectivity index (χ1) is 11.5. The van der Waals surface area contributed by atoms with Crippen LogP contribution in [-0.2, 0) is 11.3 Å². The fraction of sp³-hybridized carbons (Fsp3) is 0.647. The van der Waals surface area contributed by atoms with E-state index < -0.39 is 0 Å². The molecule has 2 unspecified atom stereocenters. The van der Waals surface area contributed by atoms with Crippen LogP contribution in [0.15, 0.2) is 6.07 Å². The molecule has 0 amide bonds. The van der Waals surface area contributed by atoms with Gasteiger partial charge in [-0.05, 0) is 37.0 Å². The summed E-state index contributed by atoms with van der Waals surface area (Å²) in [6.07, 6.45) is 2.30. The van der Waals surface area contributed by atoms with Crippen LogP contribution in [0, 0.1) is 12.7 Å². The summed E-state index contributed by atoms with van der Waals surface area (Å²) in [5, 5.41) is 1.76. The number of halogens is 1. The van der Waals surface area contributed by atoms with Gasteiger partial charge < -0.3 is 20.3 Å². The van der Waals surface area contributed by atoms with Gasteiger partial charge >= 0.3 is 0 Å². The second kappa shape index (κ2) is 5.84. The minimum Gasteiger partial charge on any atom is -0.378 e. The second-order valence-corrected chi connectivity index (χ2v) is 7.27. The van der Waals surface area contributed by atoms with E-state index in [1.165, 1.54) is 12.8 Å². The van der Waals surface area contributed by atoms with Crippen molar-refractivity contribution in [3.05, 3.63) is 23.0 Å². The maximum Gasteiger partial charge on any atom is 0.147 e. The van der Waals surface area contributed by atoms with Gasteiger partial charge in [-0.2, -0.15) is 0 Å². The Kier molecular flexibility index (Phi) is 3.91. The van der Waals surface area contributed by atoms with Crippen molar-refractivity contribution in [2.45, 2.75) is 44.5 Å². The summed E-state index contributed by atoms with van der Waals surface area (Å²) in [5.74, 6) is 5.85. The molecule has 2 aliphatic heterocycles. The lowest BCUT2D eigenvalue weighted by atomic mass is 10.0. The van der Waals surface area contributed by atoms with Crippen LogP contribution >= 0.6 is 0 Å². The Labute approximate surface area is 142 Å². The van der Waals surface area contributed by atoms with Gasteiger partial charge in [0.2, 0.25) is 0 Å². The van der Waals surface area contributed by atoms with Crippen LogP contribution in [0.3, 0.4) is 0 Å². The van der Waals surface area contributed by atoms with Crippen molar-refractivity contribution in [3.8, 4) is 0 Å². The lowest BCUT2D eigenvalue weighted by Gasteiger charge is -2.39. The number of ether oxygens (including phenoxy) is 1. The van der Waals surface area contributed by atoms with Crippen LogP contribution in [-0.4, -0.2) is 50.1 Å². The summed E-state index contributed by atoms with van der Waals surface area (Å²) in [7, 11) is 1.66. The molecule has 1 aromatic rings. The average molecular weight is 335 g/mol. The summed E-state index contributed by atoms with van der Waals surface area (Å²) in [6, 6.07) is 2.08. The Morgan fingerprint density at radius 3 is 2.62 bits per heavy atom. The molecular formula is C17H26FN5O. The van der Waals surface area contributed by atoms with Gasteiger partial charge in [0.15, 0.2) is 0 Å². The van der Waals surface area contributed by atoms with Gasteiger partial charge in [0.1, 0.15) is 5.82 Å². The van der Waals surface area contributed by atoms with E-state index in [9.17, 15) is 4.39 Å². The number of fused-ring (bicyclic) bond motifs is 1.